The van der Waals surface area contributed by atoms with Gasteiger partial charge in [-0.2, -0.15) is 0 Å². The summed E-state index contributed by atoms with van der Waals surface area (Å²) >= 11 is -1.17. The number of nitrogens with two attached hydrogens (primary N) is 1. The number of aliphatic hydroxyl groups is 1. The molecule has 0 saturated heterocycles. The van der Waals surface area contributed by atoms with E-state index in [2.05, 4.69) is 8.77 Å². The Hall–Kier alpha value is 0.736. The summed E-state index contributed by atoms with van der Waals surface area (Å²) in [5, 5.41) is 8.10. The molecule has 0 aliphatic carbocycles. The molecule has 0 spiro atoms. The van der Waals surface area contributed by atoms with E-state index in [9.17, 15) is 0 Å². The van der Waals surface area contributed by atoms with Crippen LogP contribution in [0.15, 0.2) is 0 Å². The van der Waals surface area contributed by atoms with E-state index in [0.717, 1.165) is 0 Å². The normalized spacial score (nSPS) is 9.43. The molecule has 0 unspecified atom stereocenters. The fourth-order valence-electron chi connectivity index (χ4n) is 0.0991. The molecule has 0 fully saturated rings. The minimum atomic E-state index is -1.17. The third kappa shape index (κ3) is 6.74. The quantitative estimate of drug-likeness (QED) is 0.486. The molecule has 0 rings (SSSR count). The van der Waals surface area contributed by atoms with Gasteiger partial charge in [-0.25, -0.2) is 0 Å². The zero-order valence-corrected chi connectivity index (χ0v) is 6.84. The molecule has 0 saturated carbocycles. The monoisotopic (exact) mass is 302 g/mol. The Bertz CT molecular complexity index is 32.1. The van der Waals surface area contributed by atoms with Gasteiger partial charge in [0.1, 0.15) is 0 Å². The van der Waals surface area contributed by atoms with E-state index in [1.54, 1.807) is 0 Å². The third-order valence-electron chi connectivity index (χ3n) is 0.262. The third-order valence-corrected chi connectivity index (χ3v) is 1.59. The van der Waals surface area contributed by atoms with E-state index in [1.165, 1.54) is 0 Å². The van der Waals surface area contributed by atoms with Gasteiger partial charge < -0.3 is 0 Å². The van der Waals surface area contributed by atoms with Gasteiger partial charge in [0.05, 0.1) is 0 Å². The molecule has 0 aromatic rings. The van der Waals surface area contributed by atoms with Crippen molar-refractivity contribution in [1.82, 2.24) is 0 Å². The van der Waals surface area contributed by atoms with E-state index in [1.807, 2.05) is 0 Å². The van der Waals surface area contributed by atoms with Gasteiger partial charge >= 0.3 is 54.3 Å². The molecule has 0 aromatic heterocycles. The van der Waals surface area contributed by atoms with Crippen LogP contribution < -0.4 is 5.90 Å². The molecular formula is C2H7NO3Po. The first-order chi connectivity index (χ1) is 3.41. The second-order valence-electron chi connectivity index (χ2n) is 0.710. The number of hydrogen-bond acceptors (Lipinski definition) is 4. The van der Waals surface area contributed by atoms with Crippen molar-refractivity contribution in [3.05, 3.63) is 0 Å². The van der Waals surface area contributed by atoms with Gasteiger partial charge in [-0.05, 0) is 0 Å². The second-order valence-corrected chi connectivity index (χ2v) is 2.90. The number of rotatable bonds is 4. The zero-order chi connectivity index (χ0) is 5.54. The maximum absolute atomic E-state index is 8.10. The van der Waals surface area contributed by atoms with Crippen molar-refractivity contribution in [3.63, 3.8) is 0 Å². The topological polar surface area (TPSA) is 64.7 Å². The van der Waals surface area contributed by atoms with E-state index in [4.69, 9.17) is 7.88 Å². The van der Waals surface area contributed by atoms with Gasteiger partial charge in [0.2, 0.25) is 0 Å². The molecule has 7 heavy (non-hydrogen) atoms. The fourth-order valence-corrected chi connectivity index (χ4v) is 0.869. The summed E-state index contributed by atoms with van der Waals surface area (Å²) < 4.78 is 8.88. The minimum absolute atomic E-state index is 0.0450. The van der Waals surface area contributed by atoms with Gasteiger partial charge in [-0.1, -0.05) is 0 Å². The Morgan fingerprint density at radius 3 is 2.86 bits per heavy atom. The van der Waals surface area contributed by atoms with E-state index < -0.39 is 24.5 Å². The van der Waals surface area contributed by atoms with Crippen LogP contribution in [0, 0.1) is 0 Å². The van der Waals surface area contributed by atoms with Crippen LogP contribution in [0.2, 0.25) is 0 Å². The van der Waals surface area contributed by atoms with Gasteiger partial charge in [0, 0.05) is 0 Å². The molecule has 0 bridgehead atoms. The molecule has 44 valence electrons. The molecule has 0 aliphatic heterocycles. The molecule has 4 nitrogen and oxygen atoms in total. The van der Waals surface area contributed by atoms with Gasteiger partial charge in [0.25, 0.3) is 0 Å². The first-order valence-electron chi connectivity index (χ1n) is 1.67. The van der Waals surface area contributed by atoms with Gasteiger partial charge in [-0.15, -0.1) is 0 Å². The van der Waals surface area contributed by atoms with Crippen molar-refractivity contribution < 1.29 is 10.8 Å². The Morgan fingerprint density at radius 1 is 1.71 bits per heavy atom. The van der Waals surface area contributed by atoms with Gasteiger partial charge in [0.15, 0.2) is 0 Å². The van der Waals surface area contributed by atoms with Crippen LogP contribution >= 0.6 is 0 Å². The fraction of sp³-hybridized carbons (Fsp3) is 1.00. The Kier molecular flexibility index (Phi) is 7.44. The van der Waals surface area contributed by atoms with Crippen LogP contribution in [0.1, 0.15) is 0 Å². The molecule has 0 amide bonds. The average Bonchev–Trinajstić information content (AvgIpc) is 1.69. The van der Waals surface area contributed by atoms with E-state index in [0.29, 0.717) is 6.61 Å². The van der Waals surface area contributed by atoms with Crippen molar-refractivity contribution in [2.75, 3.05) is 13.2 Å². The summed E-state index contributed by atoms with van der Waals surface area (Å²) in [6, 6.07) is 0. The van der Waals surface area contributed by atoms with Crippen molar-refractivity contribution in [2.45, 2.75) is 0 Å². The SMILES string of the molecule is N[O][Po][O]CCO. The van der Waals surface area contributed by atoms with Crippen molar-refractivity contribution in [2.24, 2.45) is 5.90 Å². The van der Waals surface area contributed by atoms with Crippen LogP contribution in [0.4, 0.5) is 0 Å². The molecule has 0 aliphatic rings. The Balaban J connectivity index is 2.45. The van der Waals surface area contributed by atoms with Crippen LogP contribution in [0.25, 0.3) is 0 Å². The van der Waals surface area contributed by atoms with Gasteiger partial charge in [-0.3, -0.25) is 0 Å². The summed E-state index contributed by atoms with van der Waals surface area (Å²) in [6.45, 7) is 0.394. The van der Waals surface area contributed by atoms with Crippen molar-refractivity contribution in [1.29, 1.82) is 0 Å². The van der Waals surface area contributed by atoms with Crippen LogP contribution in [0.5, 0.6) is 0 Å². The average molecular weight is 302 g/mol. The molecule has 0 radical (unpaired) electrons. The predicted octanol–water partition coefficient (Wildman–Crippen LogP) is -1.58. The Labute approximate surface area is 54.6 Å². The Morgan fingerprint density at radius 2 is 2.43 bits per heavy atom. The van der Waals surface area contributed by atoms with Crippen LogP contribution in [0.3, 0.4) is 0 Å². The summed E-state index contributed by atoms with van der Waals surface area (Å²) in [7, 11) is 0. The summed E-state index contributed by atoms with van der Waals surface area (Å²) in [6.07, 6.45) is 0. The molecular weight excluding hydrogens is 295 g/mol. The van der Waals surface area contributed by atoms with E-state index in [-0.39, 0.29) is 6.61 Å². The van der Waals surface area contributed by atoms with E-state index >= 15 is 0 Å². The first kappa shape index (κ1) is 7.74. The summed E-state index contributed by atoms with van der Waals surface area (Å²) in [4.78, 5) is 0. The van der Waals surface area contributed by atoms with Crippen LogP contribution in [-0.2, 0) is 5.64 Å². The first-order valence-corrected chi connectivity index (χ1v) is 4.27. The second kappa shape index (κ2) is 6.74. The van der Waals surface area contributed by atoms with Crippen molar-refractivity contribution >= 4 is 24.5 Å². The molecule has 0 heterocycles. The predicted molar refractivity (Wildman–Crippen MR) is 24.1 cm³/mol. The maximum atomic E-state index is 8.10. The number of hydrogen-bond donors (Lipinski definition) is 2. The summed E-state index contributed by atoms with van der Waals surface area (Å²) in [5.41, 5.74) is 0. The summed E-state index contributed by atoms with van der Waals surface area (Å²) in [5.74, 6) is 4.64. The zero-order valence-electron chi connectivity index (χ0n) is 3.66. The van der Waals surface area contributed by atoms with Crippen molar-refractivity contribution in [3.8, 4) is 0 Å². The number of aliphatic hydroxyl groups excluding tert-OH is 1. The van der Waals surface area contributed by atoms with Crippen LogP contribution in [-0.4, -0.2) is 42.8 Å². The molecule has 0 atom stereocenters. The molecule has 0 aromatic carbocycles. The molecule has 5 heteroatoms. The molecule has 3 N–H and O–H groups in total. The standard InChI is InChI=1S/C2H5O2.H2NO.Po/c3-1-2-4;1-2;/h3H,1-2H2;1H2;/q2*-1;+2.